The lowest BCUT2D eigenvalue weighted by atomic mass is 10.2. The number of aliphatic hydroxyl groups is 1. The zero-order valence-electron chi connectivity index (χ0n) is 11.7. The molecule has 0 unspecified atom stereocenters. The number of aliphatic hydroxyl groups excluding tert-OH is 1. The number of sulfonamides is 1. The summed E-state index contributed by atoms with van der Waals surface area (Å²) >= 11 is 1.62. The summed E-state index contributed by atoms with van der Waals surface area (Å²) < 4.78 is 40.2. The summed E-state index contributed by atoms with van der Waals surface area (Å²) in [5.41, 5.74) is 0.377. The van der Waals surface area contributed by atoms with Gasteiger partial charge >= 0.3 is 0 Å². The van der Waals surface area contributed by atoms with Gasteiger partial charge in [-0.1, -0.05) is 11.8 Å². The predicted molar refractivity (Wildman–Crippen MR) is 83.2 cm³/mol. The number of hydrogen-bond donors (Lipinski definition) is 2. The Balaban J connectivity index is 2.82. The fraction of sp³-hybridized carbons (Fsp3) is 0.429. The van der Waals surface area contributed by atoms with E-state index in [0.717, 1.165) is 11.8 Å². The van der Waals surface area contributed by atoms with Gasteiger partial charge in [0.15, 0.2) is 0 Å². The average molecular weight is 331 g/mol. The Morgan fingerprint density at radius 2 is 2.19 bits per heavy atom. The molecule has 0 spiro atoms. The molecule has 0 heterocycles. The average Bonchev–Trinajstić information content (AvgIpc) is 2.44. The summed E-state index contributed by atoms with van der Waals surface area (Å²) in [6, 6.07) is 3.74. The number of nitrogens with one attached hydrogen (secondary N) is 1. The molecule has 1 aromatic carbocycles. The molecule has 0 aliphatic carbocycles. The van der Waals surface area contributed by atoms with Crippen molar-refractivity contribution in [3.63, 3.8) is 0 Å². The first-order chi connectivity index (χ1) is 10.0. The summed E-state index contributed by atoms with van der Waals surface area (Å²) in [5, 5.41) is 8.60. The topological polar surface area (TPSA) is 66.4 Å². The molecule has 0 saturated heterocycles. The Labute approximate surface area is 129 Å². The molecule has 0 fully saturated rings. The van der Waals surface area contributed by atoms with Gasteiger partial charge in [0.05, 0.1) is 6.61 Å². The quantitative estimate of drug-likeness (QED) is 0.588. The Morgan fingerprint density at radius 1 is 1.43 bits per heavy atom. The first-order valence-corrected chi connectivity index (χ1v) is 9.27. The van der Waals surface area contributed by atoms with E-state index in [0.29, 0.717) is 18.4 Å². The third-order valence-electron chi connectivity index (χ3n) is 2.51. The van der Waals surface area contributed by atoms with E-state index in [-0.39, 0.29) is 18.0 Å². The molecule has 0 aliphatic heterocycles. The van der Waals surface area contributed by atoms with Crippen LogP contribution < -0.4 is 4.72 Å². The Hall–Kier alpha value is -1.07. The maximum atomic E-state index is 13.9. The predicted octanol–water partition coefficient (Wildman–Crippen LogP) is 1.59. The van der Waals surface area contributed by atoms with Crippen LogP contribution in [0.3, 0.4) is 0 Å². The molecule has 0 bridgehead atoms. The maximum Gasteiger partial charge on any atom is 0.243 e. The normalized spacial score (nSPS) is 11.0. The highest BCUT2D eigenvalue weighted by Crippen LogP contribution is 2.15. The lowest BCUT2D eigenvalue weighted by Gasteiger charge is -2.07. The van der Waals surface area contributed by atoms with Crippen LogP contribution in [-0.4, -0.2) is 38.7 Å². The first-order valence-electron chi connectivity index (χ1n) is 6.39. The van der Waals surface area contributed by atoms with Gasteiger partial charge in [-0.05, 0) is 36.6 Å². The van der Waals surface area contributed by atoms with E-state index in [9.17, 15) is 12.8 Å². The monoisotopic (exact) mass is 331 g/mol. The van der Waals surface area contributed by atoms with Crippen LogP contribution in [0.25, 0.3) is 0 Å². The Bertz CT molecular complexity index is 621. The minimum Gasteiger partial charge on any atom is -0.395 e. The van der Waals surface area contributed by atoms with Crippen molar-refractivity contribution >= 4 is 21.8 Å². The van der Waals surface area contributed by atoms with Crippen molar-refractivity contribution in [1.29, 1.82) is 0 Å². The van der Waals surface area contributed by atoms with Crippen molar-refractivity contribution < 1.29 is 17.9 Å². The molecular formula is C14H18FNO3S2. The molecule has 0 aromatic heterocycles. The molecule has 0 radical (unpaired) electrons. The molecule has 2 N–H and O–H groups in total. The van der Waals surface area contributed by atoms with Gasteiger partial charge in [0.1, 0.15) is 10.7 Å². The van der Waals surface area contributed by atoms with Gasteiger partial charge in [-0.2, -0.15) is 11.8 Å². The van der Waals surface area contributed by atoms with Gasteiger partial charge < -0.3 is 5.11 Å². The molecule has 116 valence electrons. The molecule has 0 atom stereocenters. The second-order valence-electron chi connectivity index (χ2n) is 4.16. The largest absolute Gasteiger partial charge is 0.395 e. The third-order valence-corrected chi connectivity index (χ3v) is 4.70. The van der Waals surface area contributed by atoms with Gasteiger partial charge in [-0.25, -0.2) is 17.5 Å². The molecule has 7 heteroatoms. The standard InChI is InChI=1S/C14H18FNO3S2/c1-20-10-4-8-16-21(18,19)14-7-6-12(11-13(14)15)5-2-3-9-17/h6-7,11,16-17H,3-4,8-10H2,1H3. The van der Waals surface area contributed by atoms with Crippen molar-refractivity contribution in [2.45, 2.75) is 17.7 Å². The second-order valence-corrected chi connectivity index (χ2v) is 6.89. The fourth-order valence-corrected chi connectivity index (χ4v) is 3.08. The summed E-state index contributed by atoms with van der Waals surface area (Å²) in [6.07, 6.45) is 2.91. The van der Waals surface area contributed by atoms with Gasteiger partial charge in [0.2, 0.25) is 10.0 Å². The van der Waals surface area contributed by atoms with Gasteiger partial charge in [-0.3, -0.25) is 0 Å². The fourth-order valence-electron chi connectivity index (χ4n) is 1.52. The van der Waals surface area contributed by atoms with Crippen LogP contribution in [0.2, 0.25) is 0 Å². The van der Waals surface area contributed by atoms with E-state index in [1.807, 2.05) is 6.26 Å². The van der Waals surface area contributed by atoms with E-state index < -0.39 is 15.8 Å². The van der Waals surface area contributed by atoms with Crippen LogP contribution in [-0.2, 0) is 10.0 Å². The maximum absolute atomic E-state index is 13.9. The van der Waals surface area contributed by atoms with Crippen LogP contribution in [0.4, 0.5) is 4.39 Å². The van der Waals surface area contributed by atoms with E-state index in [4.69, 9.17) is 5.11 Å². The van der Waals surface area contributed by atoms with Crippen LogP contribution in [0.1, 0.15) is 18.4 Å². The van der Waals surface area contributed by atoms with Gasteiger partial charge in [0.25, 0.3) is 0 Å². The highest BCUT2D eigenvalue weighted by molar-refractivity contribution is 7.98. The summed E-state index contributed by atoms with van der Waals surface area (Å²) in [7, 11) is -3.84. The zero-order chi connectivity index (χ0) is 15.7. The molecule has 0 saturated carbocycles. The highest BCUT2D eigenvalue weighted by Gasteiger charge is 2.18. The summed E-state index contributed by atoms with van der Waals surface area (Å²) in [5.74, 6) is 5.32. The molecule has 0 amide bonds. The van der Waals surface area contributed by atoms with Gasteiger partial charge in [0, 0.05) is 18.5 Å². The summed E-state index contributed by atoms with van der Waals surface area (Å²) in [6.45, 7) is 0.211. The van der Waals surface area contributed by atoms with Crippen LogP contribution in [0.15, 0.2) is 23.1 Å². The molecule has 21 heavy (non-hydrogen) atoms. The lowest BCUT2D eigenvalue weighted by molar-refractivity contribution is 0.305. The minimum absolute atomic E-state index is 0.0675. The summed E-state index contributed by atoms with van der Waals surface area (Å²) in [4.78, 5) is -0.376. The molecule has 1 rings (SSSR count). The van der Waals surface area contributed by atoms with Crippen LogP contribution in [0, 0.1) is 17.7 Å². The molecule has 0 aliphatic rings. The van der Waals surface area contributed by atoms with Gasteiger partial charge in [-0.15, -0.1) is 0 Å². The van der Waals surface area contributed by atoms with E-state index in [2.05, 4.69) is 16.6 Å². The van der Waals surface area contributed by atoms with Crippen molar-refractivity contribution in [1.82, 2.24) is 4.72 Å². The first kappa shape index (κ1) is 18.0. The van der Waals surface area contributed by atoms with E-state index in [1.165, 1.54) is 12.1 Å². The van der Waals surface area contributed by atoms with Crippen LogP contribution >= 0.6 is 11.8 Å². The van der Waals surface area contributed by atoms with Crippen molar-refractivity contribution in [3.05, 3.63) is 29.6 Å². The van der Waals surface area contributed by atoms with E-state index in [1.54, 1.807) is 11.8 Å². The highest BCUT2D eigenvalue weighted by atomic mass is 32.2. The minimum atomic E-state index is -3.84. The van der Waals surface area contributed by atoms with Crippen LogP contribution in [0.5, 0.6) is 0 Å². The SMILES string of the molecule is CSCCCNS(=O)(=O)c1ccc(C#CCCO)cc1F. The third kappa shape index (κ3) is 6.06. The lowest BCUT2D eigenvalue weighted by Crippen LogP contribution is -2.26. The van der Waals surface area contributed by atoms with Crippen molar-refractivity contribution in [2.24, 2.45) is 0 Å². The van der Waals surface area contributed by atoms with Crippen molar-refractivity contribution in [2.75, 3.05) is 25.2 Å². The smallest absolute Gasteiger partial charge is 0.243 e. The number of thioether (sulfide) groups is 1. The number of halogens is 1. The number of hydrogen-bond acceptors (Lipinski definition) is 4. The number of benzene rings is 1. The molecular weight excluding hydrogens is 313 g/mol. The number of rotatable bonds is 7. The van der Waals surface area contributed by atoms with Crippen molar-refractivity contribution in [3.8, 4) is 11.8 Å². The zero-order valence-corrected chi connectivity index (χ0v) is 13.4. The Kier molecular flexibility index (Phi) is 7.75. The van der Waals surface area contributed by atoms with E-state index >= 15 is 0 Å². The molecule has 1 aromatic rings. The molecule has 4 nitrogen and oxygen atoms in total. The Morgan fingerprint density at radius 3 is 2.81 bits per heavy atom. The second kappa shape index (κ2) is 9.05.